The Balaban J connectivity index is 1.35. The number of nitrogens with one attached hydrogen (secondary N) is 3. The van der Waals surface area contributed by atoms with Crippen LogP contribution in [0.1, 0.15) is 25.0 Å². The van der Waals surface area contributed by atoms with Crippen LogP contribution in [0.15, 0.2) is 40.4 Å². The molecule has 2 aromatic heterocycles. The molecular weight excluding hydrogens is 517 g/mol. The number of aromatic nitrogens is 4. The molecule has 2 fully saturated rings. The Labute approximate surface area is 212 Å². The van der Waals surface area contributed by atoms with Crippen molar-refractivity contribution in [2.45, 2.75) is 48.1 Å². The highest BCUT2D eigenvalue weighted by atomic mass is 32.2. The summed E-state index contributed by atoms with van der Waals surface area (Å²) in [5.41, 5.74) is -0.400. The maximum atomic E-state index is 15.4. The second-order valence-corrected chi connectivity index (χ2v) is 10.2. The van der Waals surface area contributed by atoms with Gasteiger partial charge in [-0.05, 0) is 61.7 Å². The van der Waals surface area contributed by atoms with Gasteiger partial charge >= 0.3 is 6.18 Å². The summed E-state index contributed by atoms with van der Waals surface area (Å²) >= 11 is 1.08. The first-order chi connectivity index (χ1) is 17.5. The summed E-state index contributed by atoms with van der Waals surface area (Å²) in [5, 5.41) is 12.0. The van der Waals surface area contributed by atoms with E-state index in [1.165, 1.54) is 12.1 Å². The lowest BCUT2D eigenvalue weighted by Crippen LogP contribution is -2.61. The Morgan fingerprint density at radius 2 is 1.92 bits per heavy atom. The van der Waals surface area contributed by atoms with Crippen LogP contribution in [0.4, 0.5) is 45.1 Å². The summed E-state index contributed by atoms with van der Waals surface area (Å²) in [7, 11) is 0. The summed E-state index contributed by atoms with van der Waals surface area (Å²) in [4.78, 5) is 22.2. The van der Waals surface area contributed by atoms with Gasteiger partial charge in [0.15, 0.2) is 22.6 Å². The van der Waals surface area contributed by atoms with Gasteiger partial charge in [-0.2, -0.15) is 22.7 Å². The van der Waals surface area contributed by atoms with Gasteiger partial charge in [0.25, 0.3) is 0 Å². The number of hydrogen-bond donors (Lipinski definition) is 3. The van der Waals surface area contributed by atoms with Gasteiger partial charge in [0.1, 0.15) is 12.1 Å². The average Bonchev–Trinajstić information content (AvgIpc) is 3.56. The van der Waals surface area contributed by atoms with E-state index >= 15 is 4.39 Å². The van der Waals surface area contributed by atoms with Crippen LogP contribution >= 0.6 is 11.8 Å². The van der Waals surface area contributed by atoms with Crippen molar-refractivity contribution in [1.82, 2.24) is 20.2 Å². The van der Waals surface area contributed by atoms with Gasteiger partial charge in [-0.1, -0.05) is 0 Å². The highest BCUT2D eigenvalue weighted by Crippen LogP contribution is 2.48. The zero-order valence-electron chi connectivity index (χ0n) is 19.5. The molecule has 2 aliphatic rings. The van der Waals surface area contributed by atoms with E-state index in [9.17, 15) is 22.4 Å². The second kappa shape index (κ2) is 9.47. The number of amides is 1. The van der Waals surface area contributed by atoms with E-state index in [1.807, 2.05) is 0 Å². The number of alkyl halides is 4. The largest absolute Gasteiger partial charge is 0.397 e. The van der Waals surface area contributed by atoms with E-state index in [0.717, 1.165) is 30.3 Å². The van der Waals surface area contributed by atoms with Crippen molar-refractivity contribution in [2.24, 2.45) is 5.92 Å². The van der Waals surface area contributed by atoms with E-state index in [2.05, 4.69) is 30.8 Å². The Morgan fingerprint density at radius 3 is 2.51 bits per heavy atom. The van der Waals surface area contributed by atoms with Crippen molar-refractivity contribution in [3.8, 4) is 0 Å². The minimum absolute atomic E-state index is 0.00209. The number of rotatable bonds is 8. The van der Waals surface area contributed by atoms with E-state index < -0.39 is 30.0 Å². The molecule has 0 radical (unpaired) electrons. The molecule has 0 spiro atoms. The number of carbonyl (C=O) groups excluding carboxylic acids is 1. The van der Waals surface area contributed by atoms with Crippen LogP contribution in [0.3, 0.4) is 0 Å². The number of hydrogen-bond acceptors (Lipinski definition) is 7. The predicted molar refractivity (Wildman–Crippen MR) is 127 cm³/mol. The Kier molecular flexibility index (Phi) is 6.46. The zero-order valence-corrected chi connectivity index (χ0v) is 20.3. The smallest absolute Gasteiger partial charge is 0.347 e. The van der Waals surface area contributed by atoms with Gasteiger partial charge in [0.2, 0.25) is 11.7 Å². The predicted octanol–water partition coefficient (Wildman–Crippen LogP) is 5.37. The fraction of sp³-hybridized carbons (Fsp3) is 0.391. The summed E-state index contributed by atoms with van der Waals surface area (Å²) in [6.45, 7) is 1.88. The van der Waals surface area contributed by atoms with Crippen LogP contribution in [0.25, 0.3) is 0 Å². The number of H-pyrrole nitrogens is 1. The summed E-state index contributed by atoms with van der Waals surface area (Å²) in [6.07, 6.45) is -4.53. The summed E-state index contributed by atoms with van der Waals surface area (Å²) in [6, 6.07) is 7.68. The van der Waals surface area contributed by atoms with Gasteiger partial charge < -0.3 is 15.5 Å². The topological polar surface area (TPSA) is 98.8 Å². The van der Waals surface area contributed by atoms with E-state index in [4.69, 9.17) is 0 Å². The maximum absolute atomic E-state index is 15.4. The van der Waals surface area contributed by atoms with Crippen LogP contribution in [0.2, 0.25) is 0 Å². The quantitative estimate of drug-likeness (QED) is 0.262. The molecule has 196 valence electrons. The number of anilines is 4. The molecule has 1 saturated carbocycles. The molecule has 5 rings (SSSR count). The van der Waals surface area contributed by atoms with Gasteiger partial charge in [-0.15, -0.1) is 0 Å². The molecule has 1 aliphatic heterocycles. The van der Waals surface area contributed by atoms with Crippen LogP contribution in [0, 0.1) is 18.7 Å². The van der Waals surface area contributed by atoms with Crippen molar-refractivity contribution in [1.29, 1.82) is 0 Å². The molecule has 1 saturated heterocycles. The maximum Gasteiger partial charge on any atom is 0.397 e. The molecular formula is C23H22F5N7OS. The van der Waals surface area contributed by atoms with E-state index in [0.29, 0.717) is 10.7 Å². The van der Waals surface area contributed by atoms with Crippen LogP contribution in [0.5, 0.6) is 0 Å². The molecule has 1 aliphatic carbocycles. The van der Waals surface area contributed by atoms with Crippen molar-refractivity contribution in [3.05, 3.63) is 41.8 Å². The standard InChI is InChI=1S/C23H22F5N7OS/c1-12-8-16(34-33-12)30-19-18(24)20(35-10-22(25,11-35)13-2-3-13)32-21(31-19)37-15-6-4-14(5-7-15)29-17(36)9-23(26,27)28/h4-8,13H,2-3,9-11H2,1H3,(H,29,36)(H2,30,31,32,33,34). The number of aromatic amines is 1. The minimum atomic E-state index is -4.60. The van der Waals surface area contributed by atoms with Crippen molar-refractivity contribution in [3.63, 3.8) is 0 Å². The number of halogens is 5. The monoisotopic (exact) mass is 539 g/mol. The molecule has 0 unspecified atom stereocenters. The molecule has 37 heavy (non-hydrogen) atoms. The highest BCUT2D eigenvalue weighted by molar-refractivity contribution is 7.99. The summed E-state index contributed by atoms with van der Waals surface area (Å²) in [5.74, 6) is -1.71. The zero-order chi connectivity index (χ0) is 26.4. The third-order valence-corrected chi connectivity index (χ3v) is 6.86. The van der Waals surface area contributed by atoms with Crippen molar-refractivity contribution in [2.75, 3.05) is 28.6 Å². The van der Waals surface area contributed by atoms with Crippen molar-refractivity contribution < 1.29 is 26.7 Å². The third-order valence-electron chi connectivity index (χ3n) is 5.99. The first-order valence-corrected chi connectivity index (χ1v) is 12.2. The molecule has 3 heterocycles. The Hall–Kier alpha value is -3.42. The van der Waals surface area contributed by atoms with Crippen LogP contribution in [-0.4, -0.2) is 51.0 Å². The fourth-order valence-electron chi connectivity index (χ4n) is 4.05. The van der Waals surface area contributed by atoms with Gasteiger partial charge in [-0.3, -0.25) is 9.89 Å². The molecule has 8 nitrogen and oxygen atoms in total. The number of benzene rings is 1. The SMILES string of the molecule is Cc1cc(Nc2nc(Sc3ccc(NC(=O)CC(F)(F)F)cc3)nc(N3CC(F)(C4CC4)C3)c2F)n[nH]1. The minimum Gasteiger partial charge on any atom is -0.347 e. The van der Waals surface area contributed by atoms with E-state index in [-0.39, 0.29) is 41.5 Å². The molecule has 0 bridgehead atoms. The highest BCUT2D eigenvalue weighted by Gasteiger charge is 2.55. The first kappa shape index (κ1) is 25.2. The molecule has 14 heteroatoms. The fourth-order valence-corrected chi connectivity index (χ4v) is 4.80. The summed E-state index contributed by atoms with van der Waals surface area (Å²) < 4.78 is 67.5. The number of aryl methyl sites for hydroxylation is 1. The van der Waals surface area contributed by atoms with E-state index in [1.54, 1.807) is 30.0 Å². The average molecular weight is 540 g/mol. The lowest BCUT2D eigenvalue weighted by molar-refractivity contribution is -0.150. The van der Waals surface area contributed by atoms with Gasteiger partial charge in [-0.25, -0.2) is 14.4 Å². The normalized spacial score (nSPS) is 16.9. The molecule has 3 aromatic rings. The Morgan fingerprint density at radius 1 is 1.22 bits per heavy atom. The first-order valence-electron chi connectivity index (χ1n) is 11.4. The molecule has 1 amide bonds. The van der Waals surface area contributed by atoms with Crippen LogP contribution < -0.4 is 15.5 Å². The molecule has 3 N–H and O–H groups in total. The van der Waals surface area contributed by atoms with Crippen LogP contribution in [-0.2, 0) is 4.79 Å². The lowest BCUT2D eigenvalue weighted by atomic mass is 9.91. The van der Waals surface area contributed by atoms with Crippen molar-refractivity contribution >= 4 is 40.8 Å². The number of carbonyl (C=O) groups is 1. The number of nitrogens with zero attached hydrogens (tertiary/aromatic N) is 4. The lowest BCUT2D eigenvalue weighted by Gasteiger charge is -2.45. The molecule has 1 aromatic carbocycles. The Bertz CT molecular complexity index is 1300. The second-order valence-electron chi connectivity index (χ2n) is 9.19. The van der Waals surface area contributed by atoms with Gasteiger partial charge in [0.05, 0.1) is 13.1 Å². The molecule has 0 atom stereocenters. The third kappa shape index (κ3) is 5.95. The van der Waals surface area contributed by atoms with Gasteiger partial charge in [0, 0.05) is 22.3 Å².